The van der Waals surface area contributed by atoms with Crippen LogP contribution in [-0.4, -0.2) is 47.4 Å². The molecule has 3 N–H and O–H groups in total. The molecule has 0 aliphatic heterocycles. The summed E-state index contributed by atoms with van der Waals surface area (Å²) in [4.78, 5) is 24.5. The highest BCUT2D eigenvalue weighted by atomic mass is 16.5. The van der Waals surface area contributed by atoms with Crippen LogP contribution in [0, 0.1) is 0 Å². The topological polar surface area (TPSA) is 95.9 Å². The van der Waals surface area contributed by atoms with E-state index in [2.05, 4.69) is 31.3 Å². The highest BCUT2D eigenvalue weighted by Gasteiger charge is 2.20. The van der Waals surface area contributed by atoms with E-state index in [9.17, 15) is 19.8 Å². The lowest BCUT2D eigenvalue weighted by Gasteiger charge is -2.22. The van der Waals surface area contributed by atoms with Crippen LogP contribution in [0.15, 0.2) is 12.2 Å². The van der Waals surface area contributed by atoms with Gasteiger partial charge in [-0.2, -0.15) is 0 Å². The Morgan fingerprint density at radius 2 is 0.787 bits per heavy atom. The number of allylic oxidation sites excluding steroid dienone is 2. The molecule has 0 saturated heterocycles. The van der Waals surface area contributed by atoms with Crippen molar-refractivity contribution in [2.75, 3.05) is 13.2 Å². The summed E-state index contributed by atoms with van der Waals surface area (Å²) in [7, 11) is 0. The lowest BCUT2D eigenvalue weighted by Crippen LogP contribution is -2.45. The first-order chi connectivity index (χ1) is 30.0. The lowest BCUT2D eigenvalue weighted by atomic mass is 10.0. The molecule has 2 unspecified atom stereocenters. The molecule has 0 aliphatic carbocycles. The van der Waals surface area contributed by atoms with Gasteiger partial charge in [-0.1, -0.05) is 257 Å². The summed E-state index contributed by atoms with van der Waals surface area (Å²) in [5, 5.41) is 23.3. The summed E-state index contributed by atoms with van der Waals surface area (Å²) in [5.74, 6) is -0.0676. The quantitative estimate of drug-likeness (QED) is 0.0322. The van der Waals surface area contributed by atoms with E-state index in [1.807, 2.05) is 0 Å². The molecule has 1 amide bonds. The first kappa shape index (κ1) is 59.6. The van der Waals surface area contributed by atoms with Crippen molar-refractivity contribution in [3.63, 3.8) is 0 Å². The number of carbonyl (C=O) groups is 2. The van der Waals surface area contributed by atoms with Crippen LogP contribution in [0.2, 0.25) is 0 Å². The number of esters is 1. The van der Waals surface area contributed by atoms with Crippen molar-refractivity contribution in [2.45, 2.75) is 315 Å². The van der Waals surface area contributed by atoms with Crippen LogP contribution < -0.4 is 5.32 Å². The van der Waals surface area contributed by atoms with Crippen molar-refractivity contribution in [1.29, 1.82) is 0 Å². The average molecular weight is 862 g/mol. The Kier molecular flexibility index (Phi) is 50.1. The van der Waals surface area contributed by atoms with Crippen LogP contribution >= 0.6 is 0 Å². The molecule has 0 aromatic carbocycles. The fraction of sp³-hybridized carbons (Fsp3) is 0.927. The van der Waals surface area contributed by atoms with Gasteiger partial charge in [-0.25, -0.2) is 0 Å². The van der Waals surface area contributed by atoms with Gasteiger partial charge in [0.15, 0.2) is 0 Å². The maximum absolute atomic E-state index is 12.5. The molecule has 6 nitrogen and oxygen atoms in total. The van der Waals surface area contributed by atoms with Crippen LogP contribution in [0.1, 0.15) is 303 Å². The van der Waals surface area contributed by atoms with Crippen LogP contribution in [0.25, 0.3) is 0 Å². The molecule has 0 rings (SSSR count). The number of aliphatic hydroxyl groups is 2. The Morgan fingerprint density at radius 3 is 1.21 bits per heavy atom. The monoisotopic (exact) mass is 862 g/mol. The number of hydrogen-bond donors (Lipinski definition) is 3. The third-order valence-electron chi connectivity index (χ3n) is 12.8. The molecule has 362 valence electrons. The molecule has 0 radical (unpaired) electrons. The highest BCUT2D eigenvalue weighted by molar-refractivity contribution is 5.76. The van der Waals surface area contributed by atoms with Crippen molar-refractivity contribution in [3.05, 3.63) is 12.2 Å². The molecule has 0 aromatic rings. The smallest absolute Gasteiger partial charge is 0.305 e. The molecule has 0 saturated carbocycles. The van der Waals surface area contributed by atoms with E-state index >= 15 is 0 Å². The summed E-state index contributed by atoms with van der Waals surface area (Å²) in [6.45, 7) is 4.90. The van der Waals surface area contributed by atoms with Crippen molar-refractivity contribution >= 4 is 11.9 Å². The third kappa shape index (κ3) is 47.9. The van der Waals surface area contributed by atoms with Gasteiger partial charge < -0.3 is 20.3 Å². The zero-order valence-corrected chi connectivity index (χ0v) is 41.2. The van der Waals surface area contributed by atoms with E-state index < -0.39 is 12.1 Å². The second-order valence-electron chi connectivity index (χ2n) is 18.9. The molecule has 0 bridgehead atoms. The lowest BCUT2D eigenvalue weighted by molar-refractivity contribution is -0.143. The second-order valence-corrected chi connectivity index (χ2v) is 18.9. The van der Waals surface area contributed by atoms with E-state index in [0.717, 1.165) is 57.8 Å². The molecule has 0 heterocycles. The summed E-state index contributed by atoms with van der Waals surface area (Å²) in [5.41, 5.74) is 0. The Balaban J connectivity index is 3.46. The van der Waals surface area contributed by atoms with Crippen molar-refractivity contribution in [3.8, 4) is 0 Å². The summed E-state index contributed by atoms with van der Waals surface area (Å²) >= 11 is 0. The molecule has 0 fully saturated rings. The number of amides is 1. The largest absolute Gasteiger partial charge is 0.466 e. The number of ether oxygens (including phenoxy) is 1. The van der Waals surface area contributed by atoms with Crippen molar-refractivity contribution < 1.29 is 24.5 Å². The Bertz CT molecular complexity index is 909. The second kappa shape index (κ2) is 51.2. The zero-order chi connectivity index (χ0) is 44.4. The number of nitrogens with one attached hydrogen (secondary N) is 1. The average Bonchev–Trinajstić information content (AvgIpc) is 3.26. The van der Waals surface area contributed by atoms with Crippen LogP contribution in [0.5, 0.6) is 0 Å². The minimum atomic E-state index is -0.675. The van der Waals surface area contributed by atoms with Gasteiger partial charge in [-0.15, -0.1) is 0 Å². The van der Waals surface area contributed by atoms with E-state index in [4.69, 9.17) is 4.74 Å². The number of aliphatic hydroxyl groups excluding tert-OH is 2. The van der Waals surface area contributed by atoms with E-state index in [-0.39, 0.29) is 18.5 Å². The Labute approximate surface area is 380 Å². The maximum Gasteiger partial charge on any atom is 0.305 e. The number of unbranched alkanes of at least 4 members (excludes halogenated alkanes) is 38. The van der Waals surface area contributed by atoms with Crippen molar-refractivity contribution in [2.24, 2.45) is 0 Å². The molecule has 0 spiro atoms. The predicted molar refractivity (Wildman–Crippen MR) is 264 cm³/mol. The first-order valence-electron chi connectivity index (χ1n) is 27.4. The van der Waals surface area contributed by atoms with Gasteiger partial charge in [0, 0.05) is 12.8 Å². The van der Waals surface area contributed by atoms with Crippen LogP contribution in [0.3, 0.4) is 0 Å². The minimum absolute atomic E-state index is 0.0195. The summed E-state index contributed by atoms with van der Waals surface area (Å²) in [6, 6.07) is -0.553. The summed E-state index contributed by atoms with van der Waals surface area (Å²) < 4.78 is 5.44. The molecule has 0 aromatic heterocycles. The molecule has 61 heavy (non-hydrogen) atoms. The predicted octanol–water partition coefficient (Wildman–Crippen LogP) is 16.5. The SMILES string of the molecule is CCCC/C=C\CCCCCCCC(=O)OCCCCCCCCCCCCCCC(=O)NC(CO)C(O)CCCCCCCCCCCCCCCCCCCCCCC. The van der Waals surface area contributed by atoms with E-state index in [1.54, 1.807) is 0 Å². The fourth-order valence-electron chi connectivity index (χ4n) is 8.56. The van der Waals surface area contributed by atoms with E-state index in [0.29, 0.717) is 25.9 Å². The zero-order valence-electron chi connectivity index (χ0n) is 41.2. The van der Waals surface area contributed by atoms with Gasteiger partial charge >= 0.3 is 5.97 Å². The van der Waals surface area contributed by atoms with Crippen LogP contribution in [-0.2, 0) is 14.3 Å². The standard InChI is InChI=1S/C55H107NO5/c1-3-5-7-9-11-13-15-16-17-18-19-20-21-22-23-24-28-31-35-39-43-47-53(58)52(51-57)56-54(59)48-44-40-36-32-29-25-26-30-34-38-42-46-50-61-55(60)49-45-41-37-33-27-14-12-10-8-6-4-2/h10,12,52-53,57-58H,3-9,11,13-51H2,1-2H3,(H,56,59)/b12-10-. The normalized spacial score (nSPS) is 12.7. The van der Waals surface area contributed by atoms with Crippen molar-refractivity contribution in [1.82, 2.24) is 5.32 Å². The number of rotatable bonds is 51. The molecule has 6 heteroatoms. The van der Waals surface area contributed by atoms with Gasteiger partial charge in [0.1, 0.15) is 0 Å². The van der Waals surface area contributed by atoms with Gasteiger partial charge in [0.2, 0.25) is 5.91 Å². The van der Waals surface area contributed by atoms with E-state index in [1.165, 1.54) is 212 Å². The van der Waals surface area contributed by atoms with Gasteiger partial charge in [-0.05, 0) is 44.9 Å². The third-order valence-corrected chi connectivity index (χ3v) is 12.8. The van der Waals surface area contributed by atoms with Crippen LogP contribution in [0.4, 0.5) is 0 Å². The Morgan fingerprint density at radius 1 is 0.443 bits per heavy atom. The van der Waals surface area contributed by atoms with Gasteiger partial charge in [0.25, 0.3) is 0 Å². The molecule has 2 atom stereocenters. The maximum atomic E-state index is 12.5. The number of carbonyl (C=O) groups excluding carboxylic acids is 2. The van der Waals surface area contributed by atoms with Gasteiger partial charge in [-0.3, -0.25) is 9.59 Å². The fourth-order valence-corrected chi connectivity index (χ4v) is 8.56. The highest BCUT2D eigenvalue weighted by Crippen LogP contribution is 2.17. The molecular weight excluding hydrogens is 755 g/mol. The number of hydrogen-bond acceptors (Lipinski definition) is 5. The summed E-state index contributed by atoms with van der Waals surface area (Å²) in [6.07, 6.45) is 59.0. The Hall–Kier alpha value is -1.40. The first-order valence-corrected chi connectivity index (χ1v) is 27.4. The molecular formula is C55H107NO5. The molecule has 0 aliphatic rings. The van der Waals surface area contributed by atoms with Gasteiger partial charge in [0.05, 0.1) is 25.4 Å². The minimum Gasteiger partial charge on any atom is -0.466 e.